The van der Waals surface area contributed by atoms with Crippen LogP contribution in [-0.4, -0.2) is 17.5 Å². The molecule has 23 heavy (non-hydrogen) atoms. The molecule has 0 unspecified atom stereocenters. The molecule has 1 aliphatic heterocycles. The number of para-hydroxylation sites is 1. The first kappa shape index (κ1) is 15.1. The summed E-state index contributed by atoms with van der Waals surface area (Å²) >= 11 is 1.69. The summed E-state index contributed by atoms with van der Waals surface area (Å²) in [5, 5.41) is 7.27. The molecule has 0 radical (unpaired) electrons. The van der Waals surface area contributed by atoms with Gasteiger partial charge >= 0.3 is 11.8 Å². The van der Waals surface area contributed by atoms with E-state index in [0.29, 0.717) is 5.71 Å². The van der Waals surface area contributed by atoms with Gasteiger partial charge in [0.2, 0.25) is 0 Å². The Labute approximate surface area is 137 Å². The van der Waals surface area contributed by atoms with Crippen LogP contribution >= 0.6 is 11.8 Å². The lowest BCUT2D eigenvalue weighted by Gasteiger charge is -2.21. The molecule has 7 heteroatoms. The zero-order valence-electron chi connectivity index (χ0n) is 12.3. The highest BCUT2D eigenvalue weighted by Gasteiger charge is 2.16. The van der Waals surface area contributed by atoms with Crippen molar-refractivity contribution in [3.8, 4) is 0 Å². The quantitative estimate of drug-likeness (QED) is 0.382. The average molecular weight is 326 g/mol. The van der Waals surface area contributed by atoms with Crippen LogP contribution in [0.25, 0.3) is 0 Å². The number of nitrogens with zero attached hydrogens (tertiary/aromatic N) is 1. The van der Waals surface area contributed by atoms with Crippen molar-refractivity contribution >= 4 is 40.7 Å². The van der Waals surface area contributed by atoms with Crippen molar-refractivity contribution in [3.05, 3.63) is 48.0 Å². The molecule has 0 fully saturated rings. The Hall–Kier alpha value is -2.80. The molecule has 0 saturated heterocycles. The topological polar surface area (TPSA) is 96.6 Å². The van der Waals surface area contributed by atoms with Crippen LogP contribution in [0.1, 0.15) is 12.5 Å². The maximum absolute atomic E-state index is 11.1. The number of nitrogens with two attached hydrogens (primary N) is 1. The predicted octanol–water partition coefficient (Wildman–Crippen LogP) is 2.22. The van der Waals surface area contributed by atoms with Gasteiger partial charge in [-0.15, -0.1) is 0 Å². The number of primary amides is 1. The van der Waals surface area contributed by atoms with Crippen LogP contribution < -0.4 is 16.5 Å². The summed E-state index contributed by atoms with van der Waals surface area (Å²) in [7, 11) is 0. The van der Waals surface area contributed by atoms with Gasteiger partial charge in [-0.1, -0.05) is 30.0 Å². The zero-order valence-corrected chi connectivity index (χ0v) is 13.1. The molecule has 0 saturated carbocycles. The van der Waals surface area contributed by atoms with E-state index in [4.69, 9.17) is 5.73 Å². The number of carbonyl (C=O) groups is 2. The van der Waals surface area contributed by atoms with Crippen molar-refractivity contribution in [2.45, 2.75) is 16.7 Å². The van der Waals surface area contributed by atoms with Crippen LogP contribution in [0.15, 0.2) is 57.4 Å². The molecular weight excluding hydrogens is 312 g/mol. The van der Waals surface area contributed by atoms with Gasteiger partial charge in [0.25, 0.3) is 0 Å². The van der Waals surface area contributed by atoms with Gasteiger partial charge in [-0.25, -0.2) is 5.43 Å². The Kier molecular flexibility index (Phi) is 4.03. The van der Waals surface area contributed by atoms with Crippen LogP contribution in [0, 0.1) is 0 Å². The zero-order chi connectivity index (χ0) is 16.4. The number of amides is 2. The van der Waals surface area contributed by atoms with Crippen molar-refractivity contribution in [2.24, 2.45) is 10.8 Å². The third kappa shape index (κ3) is 3.19. The smallest absolute Gasteiger partial charge is 0.329 e. The molecule has 1 heterocycles. The second-order valence-corrected chi connectivity index (χ2v) is 6.02. The highest BCUT2D eigenvalue weighted by molar-refractivity contribution is 7.99. The summed E-state index contributed by atoms with van der Waals surface area (Å²) in [6, 6.07) is 13.9. The van der Waals surface area contributed by atoms with E-state index in [9.17, 15) is 9.59 Å². The largest absolute Gasteiger partial charge is 0.361 e. The lowest BCUT2D eigenvalue weighted by atomic mass is 10.1. The number of benzene rings is 2. The maximum Gasteiger partial charge on any atom is 0.329 e. The van der Waals surface area contributed by atoms with E-state index in [0.717, 1.165) is 21.8 Å². The second-order valence-electron chi connectivity index (χ2n) is 4.94. The van der Waals surface area contributed by atoms with Gasteiger partial charge in [0.15, 0.2) is 0 Å². The Morgan fingerprint density at radius 1 is 1.13 bits per heavy atom. The fourth-order valence-electron chi connectivity index (χ4n) is 2.12. The Morgan fingerprint density at radius 3 is 2.65 bits per heavy atom. The number of hydrazone groups is 1. The van der Waals surface area contributed by atoms with Gasteiger partial charge in [0.1, 0.15) is 0 Å². The third-order valence-corrected chi connectivity index (χ3v) is 4.47. The van der Waals surface area contributed by atoms with E-state index in [2.05, 4.69) is 21.9 Å². The monoisotopic (exact) mass is 326 g/mol. The summed E-state index contributed by atoms with van der Waals surface area (Å²) in [5.74, 6) is -2.01. The summed E-state index contributed by atoms with van der Waals surface area (Å²) in [6.45, 7) is 1.74. The molecule has 3 rings (SSSR count). The standard InChI is InChI=1S/C16H14N4O2S/c1-9(19-20-16(22)15(17)21)10-6-7-14-12(8-10)18-11-4-2-3-5-13(11)23-14/h2-8,18H,1H3,(H2,17,21)(H,20,22). The van der Waals surface area contributed by atoms with Crippen molar-refractivity contribution in [3.63, 3.8) is 0 Å². The van der Waals surface area contributed by atoms with Crippen LogP contribution in [0.3, 0.4) is 0 Å². The molecule has 6 nitrogen and oxygen atoms in total. The molecule has 1 aliphatic rings. The van der Waals surface area contributed by atoms with Crippen molar-refractivity contribution in [1.82, 2.24) is 5.43 Å². The van der Waals surface area contributed by atoms with E-state index in [1.165, 1.54) is 4.90 Å². The molecule has 2 amide bonds. The Morgan fingerprint density at radius 2 is 1.87 bits per heavy atom. The molecule has 0 aromatic heterocycles. The average Bonchev–Trinajstić information content (AvgIpc) is 2.56. The minimum Gasteiger partial charge on any atom is -0.361 e. The number of anilines is 2. The van der Waals surface area contributed by atoms with E-state index >= 15 is 0 Å². The summed E-state index contributed by atoms with van der Waals surface area (Å²) in [6.07, 6.45) is 0. The van der Waals surface area contributed by atoms with Gasteiger partial charge in [0, 0.05) is 9.79 Å². The van der Waals surface area contributed by atoms with Gasteiger partial charge in [-0.2, -0.15) is 5.10 Å². The second kappa shape index (κ2) is 6.13. The third-order valence-electron chi connectivity index (χ3n) is 3.32. The molecule has 2 aromatic carbocycles. The van der Waals surface area contributed by atoms with Gasteiger partial charge < -0.3 is 11.1 Å². The van der Waals surface area contributed by atoms with Gasteiger partial charge in [-0.3, -0.25) is 9.59 Å². The van der Waals surface area contributed by atoms with Crippen LogP contribution in [0.5, 0.6) is 0 Å². The first-order valence-corrected chi connectivity index (χ1v) is 7.68. The first-order chi connectivity index (χ1) is 11.0. The SMILES string of the molecule is CC(=NNC(=O)C(N)=O)c1ccc2c(c1)Nc1ccccc1S2. The Bertz CT molecular complexity index is 833. The molecule has 2 aromatic rings. The predicted molar refractivity (Wildman–Crippen MR) is 89.8 cm³/mol. The number of hydrogen-bond acceptors (Lipinski definition) is 5. The van der Waals surface area contributed by atoms with Crippen LogP contribution in [0.2, 0.25) is 0 Å². The van der Waals surface area contributed by atoms with E-state index in [-0.39, 0.29) is 0 Å². The minimum absolute atomic E-state index is 0.577. The molecule has 0 atom stereocenters. The van der Waals surface area contributed by atoms with Crippen molar-refractivity contribution in [2.75, 3.05) is 5.32 Å². The number of hydrogen-bond donors (Lipinski definition) is 3. The number of fused-ring (bicyclic) bond motifs is 2. The van der Waals surface area contributed by atoms with Crippen LogP contribution in [0.4, 0.5) is 11.4 Å². The number of nitrogens with one attached hydrogen (secondary N) is 2. The van der Waals surface area contributed by atoms with Gasteiger partial charge in [-0.05, 0) is 36.8 Å². The molecule has 0 aliphatic carbocycles. The summed E-state index contributed by atoms with van der Waals surface area (Å²) in [5.41, 5.74) is 10.4. The van der Waals surface area contributed by atoms with Crippen molar-refractivity contribution < 1.29 is 9.59 Å². The summed E-state index contributed by atoms with van der Waals surface area (Å²) < 4.78 is 0. The molecule has 116 valence electrons. The van der Waals surface area contributed by atoms with E-state index < -0.39 is 11.8 Å². The molecule has 0 bridgehead atoms. The lowest BCUT2D eigenvalue weighted by molar-refractivity contribution is -0.137. The molecule has 4 N–H and O–H groups in total. The number of rotatable bonds is 2. The minimum atomic E-state index is -1.07. The lowest BCUT2D eigenvalue weighted by Crippen LogP contribution is -2.33. The van der Waals surface area contributed by atoms with Crippen molar-refractivity contribution in [1.29, 1.82) is 0 Å². The highest BCUT2D eigenvalue weighted by Crippen LogP contribution is 2.44. The highest BCUT2D eigenvalue weighted by atomic mass is 32.2. The maximum atomic E-state index is 11.1. The number of carbonyl (C=O) groups excluding carboxylic acids is 2. The fraction of sp³-hybridized carbons (Fsp3) is 0.0625. The van der Waals surface area contributed by atoms with Gasteiger partial charge in [0.05, 0.1) is 17.1 Å². The Balaban J connectivity index is 1.83. The van der Waals surface area contributed by atoms with Crippen LogP contribution in [-0.2, 0) is 9.59 Å². The molecule has 0 spiro atoms. The molecular formula is C16H14N4O2S. The first-order valence-electron chi connectivity index (χ1n) is 6.87. The summed E-state index contributed by atoms with van der Waals surface area (Å²) in [4.78, 5) is 24.1. The normalized spacial score (nSPS) is 12.7. The van der Waals surface area contributed by atoms with E-state index in [1.54, 1.807) is 18.7 Å². The van der Waals surface area contributed by atoms with E-state index in [1.807, 2.05) is 36.4 Å². The fourth-order valence-corrected chi connectivity index (χ4v) is 3.09.